The number of nitrogens with zero attached hydrogens (tertiary/aromatic N) is 2. The Labute approximate surface area is 208 Å². The molecule has 0 radical (unpaired) electrons. The van der Waals surface area contributed by atoms with E-state index in [1.165, 1.54) is 13.3 Å². The lowest BCUT2D eigenvalue weighted by Crippen LogP contribution is -2.52. The predicted molar refractivity (Wildman–Crippen MR) is 138 cm³/mol. The van der Waals surface area contributed by atoms with Crippen LogP contribution in [0.25, 0.3) is 11.1 Å². The molecule has 0 spiro atoms. The molecule has 0 bridgehead atoms. The van der Waals surface area contributed by atoms with Crippen molar-refractivity contribution in [3.8, 4) is 11.1 Å². The highest BCUT2D eigenvalue weighted by Gasteiger charge is 2.35. The summed E-state index contributed by atoms with van der Waals surface area (Å²) < 4.78 is 30.8. The van der Waals surface area contributed by atoms with E-state index in [1.54, 1.807) is 47.9 Å². The van der Waals surface area contributed by atoms with Gasteiger partial charge in [-0.3, -0.25) is 9.69 Å². The molecular formula is C27H34N2O5S. The van der Waals surface area contributed by atoms with Crippen molar-refractivity contribution in [1.82, 2.24) is 0 Å². The van der Waals surface area contributed by atoms with Crippen molar-refractivity contribution in [2.45, 2.75) is 82.1 Å². The number of rotatable bonds is 4. The first-order chi connectivity index (χ1) is 16.6. The molecule has 2 aromatic rings. The molecule has 188 valence electrons. The van der Waals surface area contributed by atoms with Crippen LogP contribution in [0.2, 0.25) is 0 Å². The van der Waals surface area contributed by atoms with Crippen molar-refractivity contribution in [3.05, 3.63) is 42.5 Å². The Morgan fingerprint density at radius 3 is 2.17 bits per heavy atom. The van der Waals surface area contributed by atoms with Gasteiger partial charge in [0.05, 0.1) is 27.6 Å². The van der Waals surface area contributed by atoms with E-state index in [1.807, 2.05) is 25.1 Å². The molecule has 2 amide bonds. The van der Waals surface area contributed by atoms with E-state index in [0.717, 1.165) is 36.8 Å². The standard InChI is InChI=1S/C27H34N2O5S/c1-18(2)35(32,33)24-13-10-21(11-14-24)22-12-15-25-26(16-22)28(17-19(3)29(25)20(4)30)27(31)34-23-8-6-5-7-9-23/h10-16,18-19,23H,5-9,17H2,1-4H3. The summed E-state index contributed by atoms with van der Waals surface area (Å²) >= 11 is 0. The number of hydrogen-bond donors (Lipinski definition) is 0. The van der Waals surface area contributed by atoms with Crippen LogP contribution in [0.1, 0.15) is 59.8 Å². The average molecular weight is 499 g/mol. The minimum absolute atomic E-state index is 0.0699. The smallest absolute Gasteiger partial charge is 0.414 e. The largest absolute Gasteiger partial charge is 0.446 e. The van der Waals surface area contributed by atoms with Crippen molar-refractivity contribution < 1.29 is 22.7 Å². The van der Waals surface area contributed by atoms with Gasteiger partial charge in [-0.05, 0) is 81.8 Å². The van der Waals surface area contributed by atoms with Crippen LogP contribution in [0.15, 0.2) is 47.4 Å². The lowest BCUT2D eigenvalue weighted by molar-refractivity contribution is -0.117. The van der Waals surface area contributed by atoms with E-state index in [-0.39, 0.29) is 29.0 Å². The molecule has 0 N–H and O–H groups in total. The van der Waals surface area contributed by atoms with Crippen LogP contribution in [0.5, 0.6) is 0 Å². The summed E-state index contributed by atoms with van der Waals surface area (Å²) in [4.78, 5) is 29.3. The van der Waals surface area contributed by atoms with E-state index in [2.05, 4.69) is 0 Å². The van der Waals surface area contributed by atoms with Gasteiger partial charge < -0.3 is 9.64 Å². The Morgan fingerprint density at radius 1 is 0.943 bits per heavy atom. The second kappa shape index (κ2) is 10.0. The van der Waals surface area contributed by atoms with Gasteiger partial charge in [-0.2, -0.15) is 0 Å². The third-order valence-corrected chi connectivity index (χ3v) is 9.10. The van der Waals surface area contributed by atoms with Crippen molar-refractivity contribution in [1.29, 1.82) is 0 Å². The Kier molecular flexibility index (Phi) is 7.22. The maximum Gasteiger partial charge on any atom is 0.414 e. The third-order valence-electron chi connectivity index (χ3n) is 6.93. The summed E-state index contributed by atoms with van der Waals surface area (Å²) in [5.74, 6) is -0.0879. The second-order valence-electron chi connectivity index (χ2n) is 9.81. The van der Waals surface area contributed by atoms with Crippen LogP contribution in [0.4, 0.5) is 16.2 Å². The number of benzene rings is 2. The molecule has 2 aliphatic rings. The van der Waals surface area contributed by atoms with Crippen molar-refractivity contribution >= 4 is 33.2 Å². The molecule has 1 saturated carbocycles. The molecule has 1 unspecified atom stereocenters. The Balaban J connectivity index is 1.69. The van der Waals surface area contributed by atoms with Crippen LogP contribution in [0.3, 0.4) is 0 Å². The maximum atomic E-state index is 13.3. The van der Waals surface area contributed by atoms with Gasteiger partial charge in [0.15, 0.2) is 9.84 Å². The first-order valence-corrected chi connectivity index (χ1v) is 13.9. The normalized spacial score (nSPS) is 18.9. The molecular weight excluding hydrogens is 464 g/mol. The molecule has 2 aromatic carbocycles. The number of ether oxygens (including phenoxy) is 1. The molecule has 1 aliphatic carbocycles. The summed E-state index contributed by atoms with van der Waals surface area (Å²) in [5.41, 5.74) is 2.94. The zero-order valence-corrected chi connectivity index (χ0v) is 21.7. The van der Waals surface area contributed by atoms with E-state index in [0.29, 0.717) is 17.9 Å². The summed E-state index contributed by atoms with van der Waals surface area (Å²) in [6, 6.07) is 12.2. The van der Waals surface area contributed by atoms with E-state index in [4.69, 9.17) is 4.74 Å². The quantitative estimate of drug-likeness (QED) is 0.551. The molecule has 1 heterocycles. The van der Waals surface area contributed by atoms with Crippen LogP contribution >= 0.6 is 0 Å². The maximum absolute atomic E-state index is 13.3. The zero-order valence-electron chi connectivity index (χ0n) is 20.9. The molecule has 1 atom stereocenters. The average Bonchev–Trinajstić information content (AvgIpc) is 2.83. The monoisotopic (exact) mass is 498 g/mol. The fourth-order valence-electron chi connectivity index (χ4n) is 4.96. The molecule has 1 aliphatic heterocycles. The Morgan fingerprint density at radius 2 is 1.57 bits per heavy atom. The van der Waals surface area contributed by atoms with Gasteiger partial charge in [0.1, 0.15) is 6.10 Å². The highest BCUT2D eigenvalue weighted by molar-refractivity contribution is 7.92. The van der Waals surface area contributed by atoms with Gasteiger partial charge >= 0.3 is 6.09 Å². The van der Waals surface area contributed by atoms with Crippen LogP contribution in [-0.2, 0) is 19.4 Å². The van der Waals surface area contributed by atoms with E-state index < -0.39 is 15.1 Å². The highest BCUT2D eigenvalue weighted by Crippen LogP contribution is 2.39. The van der Waals surface area contributed by atoms with Gasteiger partial charge in [0, 0.05) is 13.5 Å². The van der Waals surface area contributed by atoms with E-state index in [9.17, 15) is 18.0 Å². The van der Waals surface area contributed by atoms with Crippen LogP contribution < -0.4 is 9.80 Å². The molecule has 0 aromatic heterocycles. The topological polar surface area (TPSA) is 84.0 Å². The number of amides is 2. The van der Waals surface area contributed by atoms with Crippen molar-refractivity contribution in [3.63, 3.8) is 0 Å². The van der Waals surface area contributed by atoms with Gasteiger partial charge in [-0.15, -0.1) is 0 Å². The molecule has 0 saturated heterocycles. The van der Waals surface area contributed by atoms with Crippen molar-refractivity contribution in [2.75, 3.05) is 16.3 Å². The number of anilines is 2. The summed E-state index contributed by atoms with van der Waals surface area (Å²) in [7, 11) is -3.36. The number of hydrogen-bond acceptors (Lipinski definition) is 5. The van der Waals surface area contributed by atoms with Gasteiger partial charge in [0.25, 0.3) is 0 Å². The Bertz CT molecular complexity index is 1200. The lowest BCUT2D eigenvalue weighted by Gasteiger charge is -2.41. The summed E-state index contributed by atoms with van der Waals surface area (Å²) in [6.45, 7) is 7.11. The molecule has 4 rings (SSSR count). The second-order valence-corrected chi connectivity index (χ2v) is 12.3. The first-order valence-electron chi connectivity index (χ1n) is 12.4. The predicted octanol–water partition coefficient (Wildman–Crippen LogP) is 5.57. The number of sulfone groups is 1. The molecule has 8 heteroatoms. The Hall–Kier alpha value is -2.87. The first kappa shape index (κ1) is 25.2. The van der Waals surface area contributed by atoms with Gasteiger partial charge in [-0.1, -0.05) is 24.6 Å². The van der Waals surface area contributed by atoms with Gasteiger partial charge in [-0.25, -0.2) is 13.2 Å². The summed E-state index contributed by atoms with van der Waals surface area (Å²) in [6.07, 6.45) is 4.61. The minimum Gasteiger partial charge on any atom is -0.446 e. The lowest BCUT2D eigenvalue weighted by atomic mass is 9.98. The number of carbonyl (C=O) groups is 2. The fraction of sp³-hybridized carbons (Fsp3) is 0.481. The minimum atomic E-state index is -3.36. The molecule has 7 nitrogen and oxygen atoms in total. The highest BCUT2D eigenvalue weighted by atomic mass is 32.2. The SMILES string of the molecule is CC(=O)N1c2ccc(-c3ccc(S(=O)(=O)C(C)C)cc3)cc2N(C(=O)OC2CCCCC2)CC1C. The number of fused-ring (bicyclic) bond motifs is 1. The summed E-state index contributed by atoms with van der Waals surface area (Å²) in [5, 5.41) is -0.500. The van der Waals surface area contributed by atoms with Crippen molar-refractivity contribution in [2.24, 2.45) is 0 Å². The third kappa shape index (κ3) is 5.08. The molecule has 1 fully saturated rings. The zero-order chi connectivity index (χ0) is 25.3. The van der Waals surface area contributed by atoms with E-state index >= 15 is 0 Å². The van der Waals surface area contributed by atoms with Crippen LogP contribution in [-0.4, -0.2) is 44.4 Å². The van der Waals surface area contributed by atoms with Crippen LogP contribution in [0, 0.1) is 0 Å². The fourth-order valence-corrected chi connectivity index (χ4v) is 6.02. The van der Waals surface area contributed by atoms with Gasteiger partial charge in [0.2, 0.25) is 5.91 Å². The number of carbonyl (C=O) groups excluding carboxylic acids is 2. The molecule has 35 heavy (non-hydrogen) atoms.